The van der Waals surface area contributed by atoms with Crippen LogP contribution in [0.5, 0.6) is 0 Å². The zero-order chi connectivity index (χ0) is 23.0. The average molecular weight is 442 g/mol. The second kappa shape index (κ2) is 12.0. The van der Waals surface area contributed by atoms with Gasteiger partial charge in [-0.1, -0.05) is 63.6 Å². The van der Waals surface area contributed by atoms with E-state index in [4.69, 9.17) is 9.84 Å². The highest BCUT2D eigenvalue weighted by molar-refractivity contribution is 5.66. The normalized spacial score (nSPS) is 24.9. The monoisotopic (exact) mass is 441 g/mol. The van der Waals surface area contributed by atoms with Crippen LogP contribution in [-0.2, 0) is 21.6 Å². The lowest BCUT2D eigenvalue weighted by molar-refractivity contribution is -0.136. The predicted molar refractivity (Wildman–Crippen MR) is 131 cm³/mol. The lowest BCUT2D eigenvalue weighted by Gasteiger charge is -2.37. The molecular formula is C28H43NO3. The Hall–Kier alpha value is -1.65. The van der Waals surface area contributed by atoms with Crippen LogP contribution >= 0.6 is 0 Å². The number of carboxylic acids is 1. The third kappa shape index (κ3) is 7.45. The van der Waals surface area contributed by atoms with E-state index in [1.807, 2.05) is 6.08 Å². The van der Waals surface area contributed by atoms with Gasteiger partial charge < -0.3 is 14.7 Å². The Kier molecular flexibility index (Phi) is 9.36. The number of ether oxygens (including phenoxy) is 1. The van der Waals surface area contributed by atoms with Crippen molar-refractivity contribution in [3.05, 3.63) is 47.5 Å². The van der Waals surface area contributed by atoms with Gasteiger partial charge in [0.2, 0.25) is 0 Å². The van der Waals surface area contributed by atoms with Crippen LogP contribution < -0.4 is 0 Å². The molecule has 32 heavy (non-hydrogen) atoms. The number of hydrogen-bond donors (Lipinski definition) is 1. The second-order valence-corrected chi connectivity index (χ2v) is 10.7. The van der Waals surface area contributed by atoms with E-state index >= 15 is 0 Å². The lowest BCUT2D eigenvalue weighted by atomic mass is 9.87. The summed E-state index contributed by atoms with van der Waals surface area (Å²) >= 11 is 0. The molecule has 1 aromatic rings. The maximum atomic E-state index is 10.7. The Bertz CT molecular complexity index is 728. The molecule has 1 saturated heterocycles. The molecule has 4 nitrogen and oxygen atoms in total. The van der Waals surface area contributed by atoms with Crippen molar-refractivity contribution >= 4 is 5.97 Å². The minimum Gasteiger partial charge on any atom is -0.481 e. The first kappa shape index (κ1) is 25.0. The van der Waals surface area contributed by atoms with Gasteiger partial charge >= 0.3 is 5.97 Å². The van der Waals surface area contributed by atoms with Gasteiger partial charge in [0.1, 0.15) is 0 Å². The highest BCUT2D eigenvalue weighted by Crippen LogP contribution is 2.37. The molecule has 0 unspecified atom stereocenters. The molecule has 4 heteroatoms. The topological polar surface area (TPSA) is 49.8 Å². The Labute approximate surface area is 195 Å². The van der Waals surface area contributed by atoms with E-state index in [1.54, 1.807) is 0 Å². The molecule has 178 valence electrons. The number of benzene rings is 1. The molecule has 2 fully saturated rings. The zero-order valence-corrected chi connectivity index (χ0v) is 20.4. The molecule has 0 spiro atoms. The van der Waals surface area contributed by atoms with Crippen molar-refractivity contribution in [1.29, 1.82) is 0 Å². The number of nitrogens with zero attached hydrogens (tertiary/aromatic N) is 1. The van der Waals surface area contributed by atoms with Gasteiger partial charge in [0.15, 0.2) is 0 Å². The molecule has 1 aliphatic carbocycles. The van der Waals surface area contributed by atoms with Gasteiger partial charge in [0, 0.05) is 18.4 Å². The van der Waals surface area contributed by atoms with Crippen LogP contribution in [0.25, 0.3) is 0 Å². The van der Waals surface area contributed by atoms with Gasteiger partial charge in [-0.15, -0.1) is 0 Å². The number of hydrogen-bond acceptors (Lipinski definition) is 3. The van der Waals surface area contributed by atoms with Crippen molar-refractivity contribution < 1.29 is 14.6 Å². The molecule has 3 rings (SSSR count). The summed E-state index contributed by atoms with van der Waals surface area (Å²) in [7, 11) is 0. The van der Waals surface area contributed by atoms with Crippen LogP contribution in [0, 0.1) is 5.92 Å². The first-order valence-electron chi connectivity index (χ1n) is 12.7. The minimum absolute atomic E-state index is 0.176. The van der Waals surface area contributed by atoms with E-state index in [-0.39, 0.29) is 11.8 Å². The molecule has 2 aliphatic rings. The SMILES string of the molecule is CC(C)(C)c1ccc(CO[C@H]2CC[C@H](N3CCCCC3)[C@H]2CC/C=C\CCC(=O)O)cc1. The van der Waals surface area contributed by atoms with Gasteiger partial charge in [-0.2, -0.15) is 0 Å². The Morgan fingerprint density at radius 3 is 2.41 bits per heavy atom. The molecule has 0 amide bonds. The molecule has 1 saturated carbocycles. The van der Waals surface area contributed by atoms with Crippen LogP contribution in [0.3, 0.4) is 0 Å². The number of allylic oxidation sites excluding steroid dienone is 2. The van der Waals surface area contributed by atoms with Crippen LogP contribution in [-0.4, -0.2) is 41.2 Å². The standard InChI is InChI=1S/C28H43NO3/c1-28(2,3)23-15-13-22(14-16-23)21-32-26-18-17-25(29-19-9-6-10-20-29)24(26)11-7-4-5-8-12-27(30)31/h4-5,13-16,24-26H,6-12,17-21H2,1-3H3,(H,30,31)/b5-4-/t24-,25+,26+/m1/s1. The molecule has 0 aromatic heterocycles. The van der Waals surface area contributed by atoms with Crippen molar-refractivity contribution in [2.24, 2.45) is 5.92 Å². The third-order valence-corrected chi connectivity index (χ3v) is 7.22. The fraction of sp³-hybridized carbons (Fsp3) is 0.679. The van der Waals surface area contributed by atoms with Crippen LogP contribution in [0.2, 0.25) is 0 Å². The molecular weight excluding hydrogens is 398 g/mol. The number of likely N-dealkylation sites (tertiary alicyclic amines) is 1. The summed E-state index contributed by atoms with van der Waals surface area (Å²) in [6.07, 6.45) is 13.9. The van der Waals surface area contributed by atoms with E-state index in [0.717, 1.165) is 19.3 Å². The average Bonchev–Trinajstić information content (AvgIpc) is 3.17. The fourth-order valence-electron chi connectivity index (χ4n) is 5.33. The molecule has 1 heterocycles. The predicted octanol–water partition coefficient (Wildman–Crippen LogP) is 6.34. The van der Waals surface area contributed by atoms with E-state index in [9.17, 15) is 4.79 Å². The fourth-order valence-corrected chi connectivity index (χ4v) is 5.33. The number of carboxylic acid groups (broad SMARTS) is 1. The highest BCUT2D eigenvalue weighted by atomic mass is 16.5. The summed E-state index contributed by atoms with van der Waals surface area (Å²) < 4.78 is 6.53. The molecule has 1 N–H and O–H groups in total. The van der Waals surface area contributed by atoms with Crippen LogP contribution in [0.15, 0.2) is 36.4 Å². The molecule has 0 bridgehead atoms. The van der Waals surface area contributed by atoms with Gasteiger partial charge in [-0.05, 0) is 74.6 Å². The van der Waals surface area contributed by atoms with Gasteiger partial charge in [-0.3, -0.25) is 4.79 Å². The Balaban J connectivity index is 1.57. The van der Waals surface area contributed by atoms with Crippen molar-refractivity contribution in [3.8, 4) is 0 Å². The number of aliphatic carboxylic acids is 1. The number of rotatable bonds is 10. The minimum atomic E-state index is -0.723. The smallest absolute Gasteiger partial charge is 0.303 e. The van der Waals surface area contributed by atoms with E-state index in [2.05, 4.69) is 56.0 Å². The third-order valence-electron chi connectivity index (χ3n) is 7.22. The van der Waals surface area contributed by atoms with Crippen LogP contribution in [0.1, 0.15) is 89.7 Å². The number of carbonyl (C=O) groups is 1. The maximum Gasteiger partial charge on any atom is 0.303 e. The van der Waals surface area contributed by atoms with Crippen molar-refractivity contribution in [2.75, 3.05) is 13.1 Å². The van der Waals surface area contributed by atoms with Gasteiger partial charge in [-0.25, -0.2) is 0 Å². The molecule has 1 aromatic carbocycles. The van der Waals surface area contributed by atoms with Crippen LogP contribution in [0.4, 0.5) is 0 Å². The summed E-state index contributed by atoms with van der Waals surface area (Å²) in [5.41, 5.74) is 2.79. The highest BCUT2D eigenvalue weighted by Gasteiger charge is 2.39. The first-order chi connectivity index (χ1) is 15.3. The second-order valence-electron chi connectivity index (χ2n) is 10.7. The summed E-state index contributed by atoms with van der Waals surface area (Å²) in [5.74, 6) is -0.161. The van der Waals surface area contributed by atoms with E-state index in [0.29, 0.717) is 31.1 Å². The van der Waals surface area contributed by atoms with E-state index in [1.165, 1.54) is 49.9 Å². The van der Waals surface area contributed by atoms with Crippen molar-refractivity contribution in [2.45, 2.75) is 103 Å². The quantitative estimate of drug-likeness (QED) is 0.431. The van der Waals surface area contributed by atoms with Crippen molar-refractivity contribution in [1.82, 2.24) is 4.90 Å². The zero-order valence-electron chi connectivity index (χ0n) is 20.4. The lowest BCUT2D eigenvalue weighted by Crippen LogP contribution is -2.43. The Morgan fingerprint density at radius 1 is 1.06 bits per heavy atom. The summed E-state index contributed by atoms with van der Waals surface area (Å²) in [5, 5.41) is 8.81. The van der Waals surface area contributed by atoms with Gasteiger partial charge in [0.25, 0.3) is 0 Å². The largest absolute Gasteiger partial charge is 0.481 e. The summed E-state index contributed by atoms with van der Waals surface area (Å²) in [6.45, 7) is 9.90. The summed E-state index contributed by atoms with van der Waals surface area (Å²) in [4.78, 5) is 13.4. The first-order valence-corrected chi connectivity index (χ1v) is 12.7. The van der Waals surface area contributed by atoms with E-state index < -0.39 is 5.97 Å². The molecule has 0 radical (unpaired) electrons. The number of piperidine rings is 1. The molecule has 1 aliphatic heterocycles. The maximum absolute atomic E-state index is 10.7. The summed E-state index contributed by atoms with van der Waals surface area (Å²) in [6, 6.07) is 9.55. The van der Waals surface area contributed by atoms with Crippen molar-refractivity contribution in [3.63, 3.8) is 0 Å². The van der Waals surface area contributed by atoms with Gasteiger partial charge in [0.05, 0.1) is 12.7 Å². The molecule has 3 atom stereocenters. The Morgan fingerprint density at radius 2 is 1.75 bits per heavy atom.